The Morgan fingerprint density at radius 3 is 2.31 bits per heavy atom. The molecule has 0 saturated heterocycles. The molecule has 1 N–H and O–H groups in total. The number of rotatable bonds is 9. The molecule has 4 aromatic rings. The van der Waals surface area contributed by atoms with Crippen LogP contribution in [-0.4, -0.2) is 45.7 Å². The highest BCUT2D eigenvalue weighted by Gasteiger charge is 2.25. The predicted molar refractivity (Wildman–Crippen MR) is 136 cm³/mol. The van der Waals surface area contributed by atoms with Gasteiger partial charge in [-0.05, 0) is 61.7 Å². The molecular weight excluding hydrogens is 441 g/mol. The average molecular weight is 472 g/mol. The van der Waals surface area contributed by atoms with Crippen LogP contribution in [0.1, 0.15) is 35.3 Å². The van der Waals surface area contributed by atoms with Crippen LogP contribution in [0.4, 0.5) is 4.39 Å². The van der Waals surface area contributed by atoms with Crippen molar-refractivity contribution >= 4 is 22.7 Å². The second-order valence-corrected chi connectivity index (χ2v) is 8.94. The van der Waals surface area contributed by atoms with Gasteiger partial charge in [0.25, 0.3) is 5.91 Å². The molecule has 3 aromatic carbocycles. The molecule has 0 radical (unpaired) electrons. The largest absolute Gasteiger partial charge is 0.361 e. The van der Waals surface area contributed by atoms with Crippen molar-refractivity contribution in [3.63, 3.8) is 0 Å². The Bertz CT molecular complexity index is 1280. The van der Waals surface area contributed by atoms with Crippen LogP contribution in [-0.2, 0) is 17.8 Å². The molecule has 0 unspecified atom stereocenters. The molecule has 0 fully saturated rings. The number of nitrogens with zero attached hydrogens (tertiary/aromatic N) is 2. The summed E-state index contributed by atoms with van der Waals surface area (Å²) in [5.74, 6) is -0.817. The van der Waals surface area contributed by atoms with Crippen molar-refractivity contribution in [3.05, 3.63) is 108 Å². The van der Waals surface area contributed by atoms with Crippen molar-refractivity contribution in [1.82, 2.24) is 14.8 Å². The third kappa shape index (κ3) is 5.96. The summed E-state index contributed by atoms with van der Waals surface area (Å²) in [6.07, 6.45) is 2.69. The molecule has 0 saturated carbocycles. The molecule has 180 valence electrons. The maximum atomic E-state index is 13.5. The SMILES string of the molecule is CC(C)N(CC(=O)N(CCc1c[nH]c2ccccc12)Cc1ccccc1)C(=O)c1ccc(F)cc1. The van der Waals surface area contributed by atoms with Gasteiger partial charge >= 0.3 is 0 Å². The Morgan fingerprint density at radius 2 is 1.60 bits per heavy atom. The van der Waals surface area contributed by atoms with Crippen molar-refractivity contribution in [1.29, 1.82) is 0 Å². The van der Waals surface area contributed by atoms with Crippen molar-refractivity contribution in [3.8, 4) is 0 Å². The molecule has 1 heterocycles. The normalized spacial score (nSPS) is 11.1. The monoisotopic (exact) mass is 471 g/mol. The van der Waals surface area contributed by atoms with Gasteiger partial charge in [-0.25, -0.2) is 4.39 Å². The Balaban J connectivity index is 1.53. The number of benzene rings is 3. The van der Waals surface area contributed by atoms with Gasteiger partial charge in [-0.2, -0.15) is 0 Å². The van der Waals surface area contributed by atoms with E-state index in [0.29, 0.717) is 25.1 Å². The van der Waals surface area contributed by atoms with E-state index in [1.807, 2.05) is 73.5 Å². The maximum Gasteiger partial charge on any atom is 0.254 e. The first-order valence-electron chi connectivity index (χ1n) is 11.9. The van der Waals surface area contributed by atoms with Crippen molar-refractivity contribution in [2.45, 2.75) is 32.9 Å². The number of halogens is 1. The van der Waals surface area contributed by atoms with Gasteiger partial charge in [0.15, 0.2) is 0 Å². The second kappa shape index (κ2) is 11.0. The third-order valence-electron chi connectivity index (χ3n) is 6.18. The Morgan fingerprint density at radius 1 is 0.914 bits per heavy atom. The van der Waals surface area contributed by atoms with Crippen molar-refractivity contribution < 1.29 is 14.0 Å². The van der Waals surface area contributed by atoms with Crippen LogP contribution in [0, 0.1) is 5.82 Å². The summed E-state index contributed by atoms with van der Waals surface area (Å²) < 4.78 is 13.3. The van der Waals surface area contributed by atoms with Crippen LogP contribution >= 0.6 is 0 Å². The van der Waals surface area contributed by atoms with Gasteiger partial charge in [0, 0.05) is 41.8 Å². The summed E-state index contributed by atoms with van der Waals surface area (Å²) in [5, 5.41) is 1.15. The van der Waals surface area contributed by atoms with E-state index in [4.69, 9.17) is 0 Å². The van der Waals surface area contributed by atoms with E-state index in [1.54, 1.807) is 4.90 Å². The van der Waals surface area contributed by atoms with E-state index in [9.17, 15) is 14.0 Å². The van der Waals surface area contributed by atoms with Crippen molar-refractivity contribution in [2.24, 2.45) is 0 Å². The Labute approximate surface area is 205 Å². The van der Waals surface area contributed by atoms with E-state index in [1.165, 1.54) is 24.3 Å². The zero-order chi connectivity index (χ0) is 24.8. The van der Waals surface area contributed by atoms with Gasteiger partial charge in [-0.3, -0.25) is 9.59 Å². The average Bonchev–Trinajstić information content (AvgIpc) is 3.28. The lowest BCUT2D eigenvalue weighted by Gasteiger charge is -2.30. The minimum Gasteiger partial charge on any atom is -0.361 e. The minimum atomic E-state index is -0.403. The number of para-hydroxylation sites is 1. The van der Waals surface area contributed by atoms with E-state index in [-0.39, 0.29) is 24.4 Å². The lowest BCUT2D eigenvalue weighted by Crippen LogP contribution is -2.46. The molecule has 0 aliphatic heterocycles. The number of aromatic amines is 1. The molecule has 5 nitrogen and oxygen atoms in total. The first-order chi connectivity index (χ1) is 16.9. The molecular formula is C29H30FN3O2. The lowest BCUT2D eigenvalue weighted by atomic mass is 10.1. The fourth-order valence-electron chi connectivity index (χ4n) is 4.18. The molecule has 2 amide bonds. The molecule has 6 heteroatoms. The molecule has 0 aliphatic carbocycles. The summed E-state index contributed by atoms with van der Waals surface area (Å²) in [4.78, 5) is 33.3. The van der Waals surface area contributed by atoms with E-state index < -0.39 is 5.82 Å². The first-order valence-corrected chi connectivity index (χ1v) is 11.9. The lowest BCUT2D eigenvalue weighted by molar-refractivity contribution is -0.132. The third-order valence-corrected chi connectivity index (χ3v) is 6.18. The number of H-pyrrole nitrogens is 1. The predicted octanol–water partition coefficient (Wildman–Crippen LogP) is 5.43. The number of amides is 2. The van der Waals surface area contributed by atoms with Crippen LogP contribution in [0.3, 0.4) is 0 Å². The van der Waals surface area contributed by atoms with Gasteiger partial charge in [0.2, 0.25) is 5.91 Å². The van der Waals surface area contributed by atoms with Crippen LogP contribution in [0.2, 0.25) is 0 Å². The van der Waals surface area contributed by atoms with Crippen LogP contribution < -0.4 is 0 Å². The highest BCUT2D eigenvalue weighted by Crippen LogP contribution is 2.19. The highest BCUT2D eigenvalue weighted by atomic mass is 19.1. The number of carbonyl (C=O) groups is 2. The summed E-state index contributed by atoms with van der Waals surface area (Å²) >= 11 is 0. The zero-order valence-corrected chi connectivity index (χ0v) is 20.1. The molecule has 1 aromatic heterocycles. The minimum absolute atomic E-state index is 0.0470. The molecule has 0 bridgehead atoms. The number of nitrogens with one attached hydrogen (secondary N) is 1. The molecule has 0 aliphatic rings. The number of aromatic nitrogens is 1. The van der Waals surface area contributed by atoms with E-state index in [0.717, 1.165) is 22.0 Å². The number of hydrogen-bond acceptors (Lipinski definition) is 2. The molecule has 35 heavy (non-hydrogen) atoms. The quantitative estimate of drug-likeness (QED) is 0.354. The van der Waals surface area contributed by atoms with E-state index in [2.05, 4.69) is 11.1 Å². The molecule has 0 atom stereocenters. The summed E-state index contributed by atoms with van der Waals surface area (Å²) in [6, 6.07) is 23.2. The molecule has 0 spiro atoms. The highest BCUT2D eigenvalue weighted by molar-refractivity contribution is 5.96. The summed E-state index contributed by atoms with van der Waals surface area (Å²) in [7, 11) is 0. The van der Waals surface area contributed by atoms with Crippen LogP contribution in [0.5, 0.6) is 0 Å². The Hall–Kier alpha value is -3.93. The number of carbonyl (C=O) groups excluding carboxylic acids is 2. The topological polar surface area (TPSA) is 56.4 Å². The standard InChI is InChI=1S/C29H30FN3O2/c1-21(2)33(29(35)23-12-14-25(30)15-13-23)20-28(34)32(19-22-8-4-3-5-9-22)17-16-24-18-31-27-11-7-6-10-26(24)27/h3-15,18,21,31H,16-17,19-20H2,1-2H3. The Kier molecular flexibility index (Phi) is 7.60. The fourth-order valence-corrected chi connectivity index (χ4v) is 4.18. The zero-order valence-electron chi connectivity index (χ0n) is 20.1. The second-order valence-electron chi connectivity index (χ2n) is 8.94. The van der Waals surface area contributed by atoms with Gasteiger partial charge < -0.3 is 14.8 Å². The first kappa shape index (κ1) is 24.2. The van der Waals surface area contributed by atoms with Crippen LogP contribution in [0.15, 0.2) is 85.1 Å². The molecule has 4 rings (SSSR count). The number of fused-ring (bicyclic) bond motifs is 1. The van der Waals surface area contributed by atoms with Gasteiger partial charge in [-0.15, -0.1) is 0 Å². The summed E-state index contributed by atoms with van der Waals surface area (Å²) in [6.45, 7) is 4.68. The van der Waals surface area contributed by atoms with Gasteiger partial charge in [0.1, 0.15) is 12.4 Å². The van der Waals surface area contributed by atoms with E-state index >= 15 is 0 Å². The fraction of sp³-hybridized carbons (Fsp3) is 0.241. The van der Waals surface area contributed by atoms with Crippen LogP contribution in [0.25, 0.3) is 10.9 Å². The summed E-state index contributed by atoms with van der Waals surface area (Å²) in [5.41, 5.74) is 3.61. The maximum absolute atomic E-state index is 13.5. The van der Waals surface area contributed by atoms with Gasteiger partial charge in [0.05, 0.1) is 0 Å². The number of hydrogen-bond donors (Lipinski definition) is 1. The van der Waals surface area contributed by atoms with Gasteiger partial charge in [-0.1, -0.05) is 48.5 Å². The smallest absolute Gasteiger partial charge is 0.254 e. The van der Waals surface area contributed by atoms with Crippen molar-refractivity contribution in [2.75, 3.05) is 13.1 Å².